The number of amides is 1. The van der Waals surface area contributed by atoms with Crippen LogP contribution in [0.2, 0.25) is 0 Å². The number of nitrogens with two attached hydrogens (primary N) is 1. The van der Waals surface area contributed by atoms with Crippen LogP contribution in [-0.4, -0.2) is 25.2 Å². The van der Waals surface area contributed by atoms with E-state index < -0.39 is 6.04 Å². The molecule has 1 aliphatic rings. The van der Waals surface area contributed by atoms with Gasteiger partial charge < -0.3 is 15.8 Å². The van der Waals surface area contributed by atoms with Gasteiger partial charge in [0, 0.05) is 22.5 Å². The molecule has 1 aliphatic heterocycles. The van der Waals surface area contributed by atoms with Crippen molar-refractivity contribution < 1.29 is 9.53 Å². The quantitative estimate of drug-likeness (QED) is 0.799. The molecule has 0 saturated carbocycles. The Hall–Kier alpha value is -0.660. The summed E-state index contributed by atoms with van der Waals surface area (Å²) >= 11 is 2.26. The summed E-state index contributed by atoms with van der Waals surface area (Å²) in [7, 11) is 0. The average molecular weight is 374 g/mol. The summed E-state index contributed by atoms with van der Waals surface area (Å²) < 4.78 is 6.42. The molecule has 104 valence electrons. The first-order chi connectivity index (χ1) is 9.08. The number of benzene rings is 1. The molecular weight excluding hydrogens is 355 g/mol. The molecule has 5 heteroatoms. The predicted molar refractivity (Wildman–Crippen MR) is 84.0 cm³/mol. The molecule has 0 aliphatic carbocycles. The van der Waals surface area contributed by atoms with Gasteiger partial charge in [0.1, 0.15) is 0 Å². The maximum Gasteiger partial charge on any atom is 0.241 e. The maximum absolute atomic E-state index is 12.1. The van der Waals surface area contributed by atoms with Gasteiger partial charge in [-0.15, -0.1) is 0 Å². The first-order valence-corrected chi connectivity index (χ1v) is 7.56. The van der Waals surface area contributed by atoms with Crippen molar-refractivity contribution in [2.24, 2.45) is 11.7 Å². The summed E-state index contributed by atoms with van der Waals surface area (Å²) in [5.74, 6) is 0.116. The topological polar surface area (TPSA) is 64.4 Å². The zero-order valence-electron chi connectivity index (χ0n) is 11.0. The van der Waals surface area contributed by atoms with Gasteiger partial charge in [-0.1, -0.05) is 6.07 Å². The average Bonchev–Trinajstić information content (AvgIpc) is 2.43. The van der Waals surface area contributed by atoms with E-state index >= 15 is 0 Å². The van der Waals surface area contributed by atoms with Gasteiger partial charge in [-0.05, 0) is 66.0 Å². The lowest BCUT2D eigenvalue weighted by Crippen LogP contribution is -2.44. The van der Waals surface area contributed by atoms with Crippen LogP contribution in [0.25, 0.3) is 0 Å². The Balaban J connectivity index is 1.97. The van der Waals surface area contributed by atoms with Crippen LogP contribution in [0, 0.1) is 16.4 Å². The summed E-state index contributed by atoms with van der Waals surface area (Å²) in [6.07, 6.45) is 1.72. The molecule has 4 nitrogen and oxygen atoms in total. The van der Waals surface area contributed by atoms with Crippen LogP contribution in [0.1, 0.15) is 18.4 Å². The van der Waals surface area contributed by atoms with Gasteiger partial charge in [-0.3, -0.25) is 4.79 Å². The molecule has 1 amide bonds. The van der Waals surface area contributed by atoms with Crippen LogP contribution in [0.3, 0.4) is 0 Å². The smallest absolute Gasteiger partial charge is 0.241 e. The van der Waals surface area contributed by atoms with Gasteiger partial charge >= 0.3 is 0 Å². The number of halogens is 1. The monoisotopic (exact) mass is 374 g/mol. The second-order valence-electron chi connectivity index (χ2n) is 4.93. The number of hydrogen-bond donors (Lipinski definition) is 2. The largest absolute Gasteiger partial charge is 0.381 e. The van der Waals surface area contributed by atoms with E-state index in [1.165, 1.54) is 5.56 Å². The van der Waals surface area contributed by atoms with Crippen LogP contribution in [0.4, 0.5) is 5.69 Å². The molecule has 3 N–H and O–H groups in total. The van der Waals surface area contributed by atoms with Gasteiger partial charge in [-0.2, -0.15) is 0 Å². The van der Waals surface area contributed by atoms with Crippen molar-refractivity contribution in [1.29, 1.82) is 0 Å². The number of ether oxygens (including phenoxy) is 1. The van der Waals surface area contributed by atoms with Crippen molar-refractivity contribution in [3.63, 3.8) is 0 Å². The predicted octanol–water partition coefficient (Wildman–Crippen LogP) is 2.29. The summed E-state index contributed by atoms with van der Waals surface area (Å²) in [5, 5.41) is 2.90. The zero-order valence-corrected chi connectivity index (χ0v) is 13.1. The summed E-state index contributed by atoms with van der Waals surface area (Å²) in [6.45, 7) is 3.45. The molecule has 19 heavy (non-hydrogen) atoms. The highest BCUT2D eigenvalue weighted by atomic mass is 127. The molecule has 1 unspecified atom stereocenters. The normalized spacial score (nSPS) is 18.1. The Bertz CT molecular complexity index is 459. The number of nitrogens with one attached hydrogen (secondary N) is 1. The van der Waals surface area contributed by atoms with E-state index in [-0.39, 0.29) is 11.8 Å². The van der Waals surface area contributed by atoms with E-state index in [9.17, 15) is 4.79 Å². The van der Waals surface area contributed by atoms with Gasteiger partial charge in [0.25, 0.3) is 0 Å². The Morgan fingerprint density at radius 2 is 2.16 bits per heavy atom. The van der Waals surface area contributed by atoms with Crippen molar-refractivity contribution >= 4 is 34.2 Å². The molecule has 1 heterocycles. The number of carbonyl (C=O) groups excluding carboxylic acids is 1. The van der Waals surface area contributed by atoms with E-state index in [4.69, 9.17) is 10.5 Å². The van der Waals surface area contributed by atoms with Gasteiger partial charge in [0.2, 0.25) is 5.91 Å². The van der Waals surface area contributed by atoms with Crippen LogP contribution in [0.5, 0.6) is 0 Å². The Kier molecular flexibility index (Phi) is 5.18. The van der Waals surface area contributed by atoms with Crippen molar-refractivity contribution in [3.05, 3.63) is 27.3 Å². The molecule has 1 saturated heterocycles. The first kappa shape index (κ1) is 14.7. The molecule has 2 rings (SSSR count). The van der Waals surface area contributed by atoms with Gasteiger partial charge in [-0.25, -0.2) is 0 Å². The van der Waals surface area contributed by atoms with E-state index in [0.717, 1.165) is 22.1 Å². The molecular formula is C14H19IN2O2. The second-order valence-corrected chi connectivity index (χ2v) is 6.09. The lowest BCUT2D eigenvalue weighted by Gasteiger charge is -2.26. The zero-order chi connectivity index (χ0) is 13.8. The minimum Gasteiger partial charge on any atom is -0.381 e. The third-order valence-electron chi connectivity index (χ3n) is 3.52. The van der Waals surface area contributed by atoms with Crippen LogP contribution >= 0.6 is 22.6 Å². The molecule has 0 bridgehead atoms. The fourth-order valence-corrected chi connectivity index (χ4v) is 2.70. The maximum atomic E-state index is 12.1. The standard InChI is InChI=1S/C14H19IN2O2/c1-9-2-3-11(8-12(9)15)17-14(18)13(16)10-4-6-19-7-5-10/h2-3,8,10,13H,4-7,16H2,1H3,(H,17,18). The van der Waals surface area contributed by atoms with Crippen LogP contribution < -0.4 is 11.1 Å². The Morgan fingerprint density at radius 1 is 1.47 bits per heavy atom. The second kappa shape index (κ2) is 6.67. The first-order valence-electron chi connectivity index (χ1n) is 6.48. The van der Waals surface area contributed by atoms with Crippen molar-refractivity contribution in [2.75, 3.05) is 18.5 Å². The number of hydrogen-bond acceptors (Lipinski definition) is 3. The van der Waals surface area contributed by atoms with E-state index in [0.29, 0.717) is 13.2 Å². The lowest BCUT2D eigenvalue weighted by atomic mass is 9.92. The summed E-state index contributed by atoms with van der Waals surface area (Å²) in [5.41, 5.74) is 8.05. The van der Waals surface area contributed by atoms with E-state index in [1.807, 2.05) is 25.1 Å². The molecule has 1 aromatic rings. The van der Waals surface area contributed by atoms with Crippen molar-refractivity contribution in [2.45, 2.75) is 25.8 Å². The molecule has 1 fully saturated rings. The van der Waals surface area contributed by atoms with E-state index in [2.05, 4.69) is 27.9 Å². The fourth-order valence-electron chi connectivity index (χ4n) is 2.19. The molecule has 1 aromatic carbocycles. The van der Waals surface area contributed by atoms with Gasteiger partial charge in [0.05, 0.1) is 6.04 Å². The minimum absolute atomic E-state index is 0.105. The SMILES string of the molecule is Cc1ccc(NC(=O)C(N)C2CCOCC2)cc1I. The van der Waals surface area contributed by atoms with Crippen LogP contribution in [0.15, 0.2) is 18.2 Å². The molecule has 1 atom stereocenters. The third kappa shape index (κ3) is 3.90. The number of rotatable bonds is 3. The Labute approximate surface area is 127 Å². The molecule has 0 aromatic heterocycles. The third-order valence-corrected chi connectivity index (χ3v) is 4.68. The van der Waals surface area contributed by atoms with E-state index in [1.54, 1.807) is 0 Å². The highest BCUT2D eigenvalue weighted by Crippen LogP contribution is 2.20. The highest BCUT2D eigenvalue weighted by Gasteiger charge is 2.26. The molecule has 0 radical (unpaired) electrons. The number of carbonyl (C=O) groups is 1. The van der Waals surface area contributed by atoms with Gasteiger partial charge in [0.15, 0.2) is 0 Å². The summed E-state index contributed by atoms with van der Waals surface area (Å²) in [6, 6.07) is 5.41. The number of anilines is 1. The fraction of sp³-hybridized carbons (Fsp3) is 0.500. The Morgan fingerprint density at radius 3 is 2.79 bits per heavy atom. The van der Waals surface area contributed by atoms with Crippen molar-refractivity contribution in [3.8, 4) is 0 Å². The lowest BCUT2D eigenvalue weighted by molar-refractivity contribution is -0.119. The summed E-state index contributed by atoms with van der Waals surface area (Å²) in [4.78, 5) is 12.1. The van der Waals surface area contributed by atoms with Crippen molar-refractivity contribution in [1.82, 2.24) is 0 Å². The highest BCUT2D eigenvalue weighted by molar-refractivity contribution is 14.1. The minimum atomic E-state index is -0.456. The molecule has 0 spiro atoms. The van der Waals surface area contributed by atoms with Crippen LogP contribution in [-0.2, 0) is 9.53 Å². The number of aryl methyl sites for hydroxylation is 1.